The second-order valence-electron chi connectivity index (χ2n) is 4.89. The molecule has 2 aromatic rings. The van der Waals surface area contributed by atoms with E-state index in [0.29, 0.717) is 0 Å². The molecule has 1 atom stereocenters. The lowest BCUT2D eigenvalue weighted by molar-refractivity contribution is 0.558. The molecule has 0 spiro atoms. The highest BCUT2D eigenvalue weighted by molar-refractivity contribution is 7.10. The molecule has 2 rings (SSSR count). The van der Waals surface area contributed by atoms with Gasteiger partial charge in [-0.05, 0) is 54.8 Å². The van der Waals surface area contributed by atoms with Gasteiger partial charge in [-0.25, -0.2) is 0 Å². The Morgan fingerprint density at radius 1 is 1.21 bits per heavy atom. The van der Waals surface area contributed by atoms with Gasteiger partial charge >= 0.3 is 0 Å². The van der Waals surface area contributed by atoms with Crippen LogP contribution in [-0.2, 0) is 6.42 Å². The molecule has 4 heteroatoms. The van der Waals surface area contributed by atoms with E-state index in [4.69, 9.17) is 17.4 Å². The van der Waals surface area contributed by atoms with Crippen molar-refractivity contribution < 1.29 is 0 Å². The van der Waals surface area contributed by atoms with Gasteiger partial charge in [0, 0.05) is 4.88 Å². The van der Waals surface area contributed by atoms with Crippen LogP contribution >= 0.6 is 22.9 Å². The zero-order valence-corrected chi connectivity index (χ0v) is 13.0. The number of halogens is 1. The molecule has 1 heterocycles. The predicted octanol–water partition coefficient (Wildman–Crippen LogP) is 4.07. The van der Waals surface area contributed by atoms with Crippen molar-refractivity contribution in [1.82, 2.24) is 5.43 Å². The second-order valence-corrected chi connectivity index (χ2v) is 6.18. The fourth-order valence-corrected chi connectivity index (χ4v) is 3.67. The van der Waals surface area contributed by atoms with Gasteiger partial charge in [0.2, 0.25) is 0 Å². The number of hydrazine groups is 1. The van der Waals surface area contributed by atoms with Gasteiger partial charge < -0.3 is 0 Å². The molecule has 0 saturated carbocycles. The first kappa shape index (κ1) is 14.5. The highest BCUT2D eigenvalue weighted by Gasteiger charge is 2.18. The van der Waals surface area contributed by atoms with Crippen LogP contribution in [0.4, 0.5) is 0 Å². The smallest absolute Gasteiger partial charge is 0.0608 e. The Morgan fingerprint density at radius 3 is 2.32 bits per heavy atom. The highest BCUT2D eigenvalue weighted by Crippen LogP contribution is 2.34. The molecular weight excluding hydrogens is 276 g/mol. The summed E-state index contributed by atoms with van der Waals surface area (Å²) in [4.78, 5) is 1.12. The number of nitrogens with one attached hydrogen (secondary N) is 1. The largest absolute Gasteiger partial charge is 0.271 e. The fourth-order valence-electron chi connectivity index (χ4n) is 2.29. The first-order valence-corrected chi connectivity index (χ1v) is 7.55. The third-order valence-corrected chi connectivity index (χ3v) is 5.32. The van der Waals surface area contributed by atoms with Crippen LogP contribution in [0.3, 0.4) is 0 Å². The minimum atomic E-state index is 0.0611. The van der Waals surface area contributed by atoms with Crippen molar-refractivity contribution in [2.45, 2.75) is 33.2 Å². The molecule has 19 heavy (non-hydrogen) atoms. The monoisotopic (exact) mass is 294 g/mol. The maximum absolute atomic E-state index is 6.34. The van der Waals surface area contributed by atoms with Gasteiger partial charge in [0.25, 0.3) is 0 Å². The Hall–Kier alpha value is -0.870. The molecule has 0 bridgehead atoms. The van der Waals surface area contributed by atoms with Crippen LogP contribution in [0.25, 0.3) is 0 Å². The van der Waals surface area contributed by atoms with E-state index in [2.05, 4.69) is 42.9 Å². The van der Waals surface area contributed by atoms with E-state index in [9.17, 15) is 0 Å². The first-order valence-electron chi connectivity index (χ1n) is 6.29. The van der Waals surface area contributed by atoms with Crippen LogP contribution < -0.4 is 11.3 Å². The summed E-state index contributed by atoms with van der Waals surface area (Å²) >= 11 is 8.01. The van der Waals surface area contributed by atoms with E-state index in [1.807, 2.05) is 6.92 Å². The Morgan fingerprint density at radius 2 is 1.84 bits per heavy atom. The van der Waals surface area contributed by atoms with Crippen LogP contribution in [0, 0.1) is 20.8 Å². The number of hydrogen-bond acceptors (Lipinski definition) is 3. The maximum Gasteiger partial charge on any atom is 0.0608 e. The third kappa shape index (κ3) is 3.00. The van der Waals surface area contributed by atoms with Crippen molar-refractivity contribution in [1.29, 1.82) is 0 Å². The number of rotatable bonds is 4. The van der Waals surface area contributed by atoms with Gasteiger partial charge in [-0.3, -0.25) is 11.3 Å². The molecule has 1 aromatic carbocycles. The molecule has 0 aliphatic carbocycles. The van der Waals surface area contributed by atoms with Gasteiger partial charge in [-0.1, -0.05) is 29.8 Å². The minimum Gasteiger partial charge on any atom is -0.271 e. The molecule has 1 aromatic heterocycles. The predicted molar refractivity (Wildman–Crippen MR) is 83.8 cm³/mol. The van der Waals surface area contributed by atoms with E-state index in [1.54, 1.807) is 11.3 Å². The second kappa shape index (κ2) is 6.06. The fraction of sp³-hybridized carbons (Fsp3) is 0.333. The summed E-state index contributed by atoms with van der Waals surface area (Å²) in [5.41, 5.74) is 7.95. The average Bonchev–Trinajstić information content (AvgIpc) is 2.71. The van der Waals surface area contributed by atoms with Crippen LogP contribution in [0.15, 0.2) is 23.6 Å². The molecule has 102 valence electrons. The molecule has 0 radical (unpaired) electrons. The van der Waals surface area contributed by atoms with E-state index in [-0.39, 0.29) is 6.04 Å². The number of aryl methyl sites for hydroxylation is 3. The Labute approximate surface area is 123 Å². The lowest BCUT2D eigenvalue weighted by atomic mass is 9.96. The van der Waals surface area contributed by atoms with Crippen LogP contribution in [0.2, 0.25) is 5.02 Å². The summed E-state index contributed by atoms with van der Waals surface area (Å²) in [6, 6.07) is 6.42. The van der Waals surface area contributed by atoms with Crippen molar-refractivity contribution >= 4 is 22.9 Å². The quantitative estimate of drug-likeness (QED) is 0.659. The normalized spacial score (nSPS) is 12.7. The lowest BCUT2D eigenvalue weighted by Crippen LogP contribution is -2.29. The van der Waals surface area contributed by atoms with E-state index < -0.39 is 0 Å². The van der Waals surface area contributed by atoms with Crippen LogP contribution in [0.1, 0.15) is 33.2 Å². The van der Waals surface area contributed by atoms with Crippen molar-refractivity contribution in [3.05, 3.63) is 55.7 Å². The van der Waals surface area contributed by atoms with Gasteiger partial charge in [0.15, 0.2) is 0 Å². The van der Waals surface area contributed by atoms with Crippen LogP contribution in [0.5, 0.6) is 0 Å². The maximum atomic E-state index is 6.34. The van der Waals surface area contributed by atoms with Crippen molar-refractivity contribution in [2.75, 3.05) is 0 Å². The summed E-state index contributed by atoms with van der Waals surface area (Å²) in [6.45, 7) is 6.29. The number of thiophene rings is 1. The molecule has 2 nitrogen and oxygen atoms in total. The lowest BCUT2D eigenvalue weighted by Gasteiger charge is -2.18. The number of nitrogens with two attached hydrogens (primary N) is 1. The van der Waals surface area contributed by atoms with Crippen molar-refractivity contribution in [3.63, 3.8) is 0 Å². The highest BCUT2D eigenvalue weighted by atomic mass is 35.5. The zero-order chi connectivity index (χ0) is 14.0. The molecule has 0 amide bonds. The van der Waals surface area contributed by atoms with Gasteiger partial charge in [-0.2, -0.15) is 0 Å². The summed E-state index contributed by atoms with van der Waals surface area (Å²) in [6.07, 6.45) is 0.856. The molecule has 0 saturated heterocycles. The molecule has 1 unspecified atom stereocenters. The topological polar surface area (TPSA) is 38.0 Å². The molecule has 0 aliphatic heterocycles. The standard InChI is InChI=1S/C15H19ClN2S/c1-9-5-4-6-10(2)12(9)7-13(18-17)15-14(16)11(3)8-19-15/h4-6,8,13,18H,7,17H2,1-3H3. The van der Waals surface area contributed by atoms with Crippen molar-refractivity contribution in [2.24, 2.45) is 5.84 Å². The number of hydrogen-bond donors (Lipinski definition) is 2. The Balaban J connectivity index is 2.32. The third-order valence-electron chi connectivity index (χ3n) is 3.50. The van der Waals surface area contributed by atoms with E-state index in [1.165, 1.54) is 16.7 Å². The van der Waals surface area contributed by atoms with Gasteiger partial charge in [0.1, 0.15) is 0 Å². The molecule has 0 aliphatic rings. The summed E-state index contributed by atoms with van der Waals surface area (Å²) in [7, 11) is 0. The zero-order valence-electron chi connectivity index (χ0n) is 11.5. The number of benzene rings is 1. The Bertz CT molecular complexity index is 557. The van der Waals surface area contributed by atoms with E-state index in [0.717, 1.165) is 21.9 Å². The summed E-state index contributed by atoms with van der Waals surface area (Å²) in [5.74, 6) is 5.73. The first-order chi connectivity index (χ1) is 9.04. The van der Waals surface area contributed by atoms with E-state index >= 15 is 0 Å². The average molecular weight is 295 g/mol. The molecular formula is C15H19ClN2S. The van der Waals surface area contributed by atoms with Crippen molar-refractivity contribution in [3.8, 4) is 0 Å². The molecule has 0 fully saturated rings. The minimum absolute atomic E-state index is 0.0611. The SMILES string of the molecule is Cc1csc(C(Cc2c(C)cccc2C)NN)c1Cl. The Kier molecular flexibility index (Phi) is 4.63. The van der Waals surface area contributed by atoms with Gasteiger partial charge in [-0.15, -0.1) is 11.3 Å². The van der Waals surface area contributed by atoms with Gasteiger partial charge in [0.05, 0.1) is 11.1 Å². The summed E-state index contributed by atoms with van der Waals surface area (Å²) in [5, 5.41) is 2.91. The molecule has 3 N–H and O–H groups in total. The van der Waals surface area contributed by atoms with Crippen LogP contribution in [-0.4, -0.2) is 0 Å². The summed E-state index contributed by atoms with van der Waals surface area (Å²) < 4.78 is 0.